The molecule has 1 atom stereocenters. The number of carbonyl (C=O) groups excluding carboxylic acids is 1. The molecule has 0 aromatic carbocycles. The molecule has 0 aromatic heterocycles. The van der Waals surface area contributed by atoms with E-state index in [0.717, 1.165) is 32.8 Å². The number of carboxylic acids is 1. The molecule has 8 heteroatoms. The fourth-order valence-corrected chi connectivity index (χ4v) is 1.50. The Hall–Kier alpha value is -1.38. The molecule has 0 radical (unpaired) electrons. The fraction of sp³-hybridized carbons (Fsp3) is 0.800. The molecule has 1 rings (SSSR count). The summed E-state index contributed by atoms with van der Waals surface area (Å²) in [6.07, 6.45) is 0. The van der Waals surface area contributed by atoms with Gasteiger partial charge in [0, 0.05) is 32.7 Å². The first kappa shape index (κ1) is 14.7. The summed E-state index contributed by atoms with van der Waals surface area (Å²) in [5.74, 6) is -1.14. The van der Waals surface area contributed by atoms with Crippen LogP contribution < -0.4 is 16.4 Å². The summed E-state index contributed by atoms with van der Waals surface area (Å²) in [5.41, 5.74) is 5.25. The zero-order valence-electron chi connectivity index (χ0n) is 10.2. The number of nitrogens with two attached hydrogens (primary N) is 1. The Kier molecular flexibility index (Phi) is 6.40. The van der Waals surface area contributed by atoms with Crippen LogP contribution in [0.3, 0.4) is 0 Å². The van der Waals surface area contributed by atoms with Crippen LogP contribution in [0.4, 0.5) is 4.79 Å². The average Bonchev–Trinajstić information content (AvgIpc) is 2.37. The van der Waals surface area contributed by atoms with Crippen molar-refractivity contribution >= 4 is 12.0 Å². The van der Waals surface area contributed by atoms with E-state index >= 15 is 0 Å². The molecule has 0 unspecified atom stereocenters. The van der Waals surface area contributed by atoms with Gasteiger partial charge in [-0.2, -0.15) is 0 Å². The van der Waals surface area contributed by atoms with Crippen molar-refractivity contribution in [2.75, 3.05) is 45.9 Å². The average molecular weight is 260 g/mol. The van der Waals surface area contributed by atoms with E-state index in [-0.39, 0.29) is 6.54 Å². The second-order valence-electron chi connectivity index (χ2n) is 4.04. The summed E-state index contributed by atoms with van der Waals surface area (Å²) in [6.45, 7) is 4.36. The van der Waals surface area contributed by atoms with E-state index < -0.39 is 18.0 Å². The predicted octanol–water partition coefficient (Wildman–Crippen LogP) is -1.97. The Morgan fingerprint density at radius 3 is 2.61 bits per heavy atom. The first-order valence-electron chi connectivity index (χ1n) is 5.90. The van der Waals surface area contributed by atoms with Gasteiger partial charge in [-0.3, -0.25) is 9.69 Å². The highest BCUT2D eigenvalue weighted by molar-refractivity contribution is 5.77. The third-order valence-corrected chi connectivity index (χ3v) is 2.62. The number of hydrogen-bond acceptors (Lipinski definition) is 5. The molecule has 0 spiro atoms. The van der Waals surface area contributed by atoms with Crippen molar-refractivity contribution in [2.45, 2.75) is 6.04 Å². The van der Waals surface area contributed by atoms with Gasteiger partial charge in [-0.25, -0.2) is 4.79 Å². The van der Waals surface area contributed by atoms with Crippen molar-refractivity contribution in [2.24, 2.45) is 5.73 Å². The van der Waals surface area contributed by atoms with Gasteiger partial charge in [0.15, 0.2) is 0 Å². The van der Waals surface area contributed by atoms with Crippen molar-refractivity contribution in [3.05, 3.63) is 0 Å². The molecular weight excluding hydrogens is 240 g/mol. The van der Waals surface area contributed by atoms with E-state index in [1.165, 1.54) is 0 Å². The molecule has 0 aliphatic carbocycles. The lowest BCUT2D eigenvalue weighted by atomic mass is 10.3. The van der Waals surface area contributed by atoms with Crippen LogP contribution in [0.25, 0.3) is 0 Å². The Morgan fingerprint density at radius 2 is 2.00 bits per heavy atom. The molecule has 2 amide bonds. The summed E-state index contributed by atoms with van der Waals surface area (Å²) in [7, 11) is 0. The Morgan fingerprint density at radius 1 is 1.33 bits per heavy atom. The number of amides is 2. The number of carbonyl (C=O) groups is 2. The lowest BCUT2D eigenvalue weighted by Gasteiger charge is -2.26. The number of carboxylic acid groups (broad SMARTS) is 1. The van der Waals surface area contributed by atoms with Crippen LogP contribution in [0.1, 0.15) is 0 Å². The van der Waals surface area contributed by atoms with Crippen molar-refractivity contribution in [3.63, 3.8) is 0 Å². The first-order valence-corrected chi connectivity index (χ1v) is 5.90. The number of hydrogen-bond donors (Lipinski definition) is 4. The number of rotatable bonds is 6. The minimum atomic E-state index is -1.14. The monoisotopic (exact) mass is 260 g/mol. The van der Waals surface area contributed by atoms with Crippen LogP contribution in [0.2, 0.25) is 0 Å². The van der Waals surface area contributed by atoms with Crippen molar-refractivity contribution < 1.29 is 19.4 Å². The minimum absolute atomic E-state index is 0.0846. The highest BCUT2D eigenvalue weighted by Crippen LogP contribution is 1.94. The van der Waals surface area contributed by atoms with Crippen molar-refractivity contribution in [1.29, 1.82) is 0 Å². The van der Waals surface area contributed by atoms with Gasteiger partial charge in [0.2, 0.25) is 0 Å². The molecule has 1 aliphatic heterocycles. The van der Waals surface area contributed by atoms with Gasteiger partial charge < -0.3 is 26.2 Å². The molecule has 0 bridgehead atoms. The van der Waals surface area contributed by atoms with E-state index in [2.05, 4.69) is 15.5 Å². The van der Waals surface area contributed by atoms with Crippen LogP contribution in [-0.2, 0) is 9.53 Å². The van der Waals surface area contributed by atoms with E-state index in [9.17, 15) is 9.59 Å². The van der Waals surface area contributed by atoms with E-state index in [1.54, 1.807) is 0 Å². The van der Waals surface area contributed by atoms with Crippen LogP contribution in [0.5, 0.6) is 0 Å². The van der Waals surface area contributed by atoms with Gasteiger partial charge in [-0.05, 0) is 0 Å². The van der Waals surface area contributed by atoms with E-state index in [1.807, 2.05) is 0 Å². The molecule has 1 saturated heterocycles. The smallest absolute Gasteiger partial charge is 0.322 e. The summed E-state index contributed by atoms with van der Waals surface area (Å²) in [6, 6.07) is -1.48. The second kappa shape index (κ2) is 7.85. The zero-order chi connectivity index (χ0) is 13.4. The van der Waals surface area contributed by atoms with Gasteiger partial charge in [-0.15, -0.1) is 0 Å². The fourth-order valence-electron chi connectivity index (χ4n) is 1.50. The largest absolute Gasteiger partial charge is 0.480 e. The summed E-state index contributed by atoms with van der Waals surface area (Å²) < 4.78 is 5.20. The summed E-state index contributed by atoms with van der Waals surface area (Å²) >= 11 is 0. The SMILES string of the molecule is N[C@@H](CNC(=O)NCCN1CCOCC1)C(=O)O. The Balaban J connectivity index is 2.04. The first-order chi connectivity index (χ1) is 8.59. The van der Waals surface area contributed by atoms with Crippen LogP contribution >= 0.6 is 0 Å². The van der Waals surface area contributed by atoms with Crippen LogP contribution in [0.15, 0.2) is 0 Å². The highest BCUT2D eigenvalue weighted by Gasteiger charge is 2.13. The number of urea groups is 1. The topological polar surface area (TPSA) is 117 Å². The maximum absolute atomic E-state index is 11.3. The number of aliphatic carboxylic acids is 1. The Labute approximate surface area is 105 Å². The molecule has 1 aliphatic rings. The quantitative estimate of drug-likeness (QED) is 0.440. The molecular formula is C10H20N4O4. The van der Waals surface area contributed by atoms with Crippen LogP contribution in [-0.4, -0.2) is 74.0 Å². The van der Waals surface area contributed by atoms with E-state index in [4.69, 9.17) is 15.6 Å². The molecule has 5 N–H and O–H groups in total. The van der Waals surface area contributed by atoms with Gasteiger partial charge >= 0.3 is 12.0 Å². The van der Waals surface area contributed by atoms with Gasteiger partial charge in [0.1, 0.15) is 6.04 Å². The lowest BCUT2D eigenvalue weighted by Crippen LogP contribution is -2.47. The minimum Gasteiger partial charge on any atom is -0.480 e. The maximum Gasteiger partial charge on any atom is 0.322 e. The summed E-state index contributed by atoms with van der Waals surface area (Å²) in [5, 5.41) is 13.6. The van der Waals surface area contributed by atoms with Crippen LogP contribution in [0, 0.1) is 0 Å². The molecule has 104 valence electrons. The summed E-state index contributed by atoms with van der Waals surface area (Å²) in [4.78, 5) is 23.9. The third-order valence-electron chi connectivity index (χ3n) is 2.62. The van der Waals surface area contributed by atoms with Crippen molar-refractivity contribution in [1.82, 2.24) is 15.5 Å². The standard InChI is InChI=1S/C10H20N4O4/c11-8(9(15)16)7-13-10(17)12-1-2-14-3-5-18-6-4-14/h8H,1-7,11H2,(H,15,16)(H2,12,13,17)/t8-/m0/s1. The van der Waals surface area contributed by atoms with E-state index in [0.29, 0.717) is 6.54 Å². The molecule has 18 heavy (non-hydrogen) atoms. The molecule has 0 aromatic rings. The van der Waals surface area contributed by atoms with Gasteiger partial charge in [0.25, 0.3) is 0 Å². The normalized spacial score (nSPS) is 18.1. The predicted molar refractivity (Wildman–Crippen MR) is 64.3 cm³/mol. The number of ether oxygens (including phenoxy) is 1. The van der Waals surface area contributed by atoms with Gasteiger partial charge in [0.05, 0.1) is 13.2 Å². The molecule has 1 fully saturated rings. The number of nitrogens with zero attached hydrogens (tertiary/aromatic N) is 1. The second-order valence-corrected chi connectivity index (χ2v) is 4.04. The number of nitrogens with one attached hydrogen (secondary N) is 2. The maximum atomic E-state index is 11.3. The zero-order valence-corrected chi connectivity index (χ0v) is 10.2. The number of morpholine rings is 1. The Bertz CT molecular complexity index is 281. The molecule has 0 saturated carbocycles. The molecule has 8 nitrogen and oxygen atoms in total. The lowest BCUT2D eigenvalue weighted by molar-refractivity contribution is -0.138. The third kappa shape index (κ3) is 5.80. The highest BCUT2D eigenvalue weighted by atomic mass is 16.5. The van der Waals surface area contributed by atoms with Crippen molar-refractivity contribution in [3.8, 4) is 0 Å². The molecule has 1 heterocycles. The van der Waals surface area contributed by atoms with Gasteiger partial charge in [-0.1, -0.05) is 0 Å².